The molecule has 3 rings (SSSR count). The molecule has 0 spiro atoms. The fourth-order valence-electron chi connectivity index (χ4n) is 2.30. The Labute approximate surface area is 112 Å². The molecule has 0 nitrogen and oxygen atoms in total. The van der Waals surface area contributed by atoms with Crippen LogP contribution in [0.3, 0.4) is 0 Å². The summed E-state index contributed by atoms with van der Waals surface area (Å²) in [5.41, 5.74) is 3.65. The lowest BCUT2D eigenvalue weighted by molar-refractivity contribution is 1.45. The molecular weight excluding hydrogens is 240 g/mol. The second-order valence-electron chi connectivity index (χ2n) is 4.36. The van der Waals surface area contributed by atoms with E-state index >= 15 is 0 Å². The van der Waals surface area contributed by atoms with Crippen molar-refractivity contribution in [3.05, 3.63) is 72.3 Å². The molecule has 0 atom stereocenters. The minimum Gasteiger partial charge on any atom is -0.122 e. The van der Waals surface area contributed by atoms with Gasteiger partial charge in [-0.2, -0.15) is 0 Å². The van der Waals surface area contributed by atoms with Crippen LogP contribution in [0.25, 0.3) is 21.9 Å². The summed E-state index contributed by atoms with van der Waals surface area (Å²) in [6.07, 6.45) is 0. The molecule has 0 unspecified atom stereocenters. The molecule has 1 heteroatoms. The summed E-state index contributed by atoms with van der Waals surface area (Å²) in [5, 5.41) is 2.49. The van der Waals surface area contributed by atoms with Gasteiger partial charge in [0.2, 0.25) is 0 Å². The van der Waals surface area contributed by atoms with E-state index in [1.165, 1.54) is 27.5 Å². The van der Waals surface area contributed by atoms with Crippen LogP contribution in [0, 0.1) is 0 Å². The molecule has 0 fully saturated rings. The molecule has 0 aliphatic heterocycles. The van der Waals surface area contributed by atoms with Crippen LogP contribution in [-0.4, -0.2) is 0 Å². The van der Waals surface area contributed by atoms with Crippen LogP contribution < -0.4 is 0 Å². The van der Waals surface area contributed by atoms with E-state index in [4.69, 9.17) is 11.6 Å². The van der Waals surface area contributed by atoms with Crippen molar-refractivity contribution in [2.24, 2.45) is 0 Å². The summed E-state index contributed by atoms with van der Waals surface area (Å²) in [4.78, 5) is 0. The van der Waals surface area contributed by atoms with Gasteiger partial charge < -0.3 is 0 Å². The minimum atomic E-state index is 0.543. The van der Waals surface area contributed by atoms with Crippen LogP contribution in [-0.2, 0) is 5.88 Å². The second kappa shape index (κ2) is 4.83. The molecule has 0 aromatic heterocycles. The molecule has 0 N–H and O–H groups in total. The van der Waals surface area contributed by atoms with Crippen LogP contribution in [0.4, 0.5) is 0 Å². The quantitative estimate of drug-likeness (QED) is 0.547. The van der Waals surface area contributed by atoms with Crippen molar-refractivity contribution in [2.45, 2.75) is 5.88 Å². The first kappa shape index (κ1) is 11.3. The zero-order chi connectivity index (χ0) is 12.4. The van der Waals surface area contributed by atoms with Gasteiger partial charge >= 0.3 is 0 Å². The van der Waals surface area contributed by atoms with Crippen molar-refractivity contribution in [1.82, 2.24) is 0 Å². The SMILES string of the molecule is ClCc1cc(-c2ccccc2)cc2ccccc12. The van der Waals surface area contributed by atoms with Gasteiger partial charge in [0.05, 0.1) is 0 Å². The van der Waals surface area contributed by atoms with Crippen molar-refractivity contribution in [3.8, 4) is 11.1 Å². The summed E-state index contributed by atoms with van der Waals surface area (Å²) in [6, 6.07) is 23.2. The number of alkyl halides is 1. The van der Waals surface area contributed by atoms with E-state index < -0.39 is 0 Å². The van der Waals surface area contributed by atoms with Crippen LogP contribution >= 0.6 is 11.6 Å². The third kappa shape index (κ3) is 2.00. The van der Waals surface area contributed by atoms with Gasteiger partial charge in [-0.05, 0) is 39.6 Å². The van der Waals surface area contributed by atoms with E-state index in [1.54, 1.807) is 0 Å². The molecular formula is C17H13Cl. The third-order valence-corrected chi connectivity index (χ3v) is 3.49. The predicted molar refractivity (Wildman–Crippen MR) is 78.9 cm³/mol. The molecule has 0 heterocycles. The molecule has 0 saturated heterocycles. The van der Waals surface area contributed by atoms with Gasteiger partial charge in [-0.25, -0.2) is 0 Å². The fraction of sp³-hybridized carbons (Fsp3) is 0.0588. The minimum absolute atomic E-state index is 0.543. The lowest BCUT2D eigenvalue weighted by atomic mass is 9.97. The Morgan fingerprint density at radius 1 is 0.722 bits per heavy atom. The van der Waals surface area contributed by atoms with E-state index in [2.05, 4.69) is 60.7 Å². The number of rotatable bonds is 2. The molecule has 18 heavy (non-hydrogen) atoms. The molecule has 0 aliphatic rings. The Bertz CT molecular complexity index is 672. The first-order chi connectivity index (χ1) is 8.88. The number of hydrogen-bond donors (Lipinski definition) is 0. The van der Waals surface area contributed by atoms with Gasteiger partial charge in [-0.15, -0.1) is 11.6 Å². The maximum atomic E-state index is 6.07. The standard InChI is InChI=1S/C17H13Cl/c18-12-16-11-15(13-6-2-1-3-7-13)10-14-8-4-5-9-17(14)16/h1-11H,12H2. The average molecular weight is 253 g/mol. The first-order valence-corrected chi connectivity index (χ1v) is 6.55. The van der Waals surface area contributed by atoms with E-state index in [1.807, 2.05) is 6.07 Å². The van der Waals surface area contributed by atoms with Crippen LogP contribution in [0.1, 0.15) is 5.56 Å². The maximum Gasteiger partial charge on any atom is 0.0480 e. The normalized spacial score (nSPS) is 10.7. The molecule has 0 radical (unpaired) electrons. The lowest BCUT2D eigenvalue weighted by Gasteiger charge is -2.08. The number of benzene rings is 3. The zero-order valence-corrected chi connectivity index (χ0v) is 10.7. The Morgan fingerprint density at radius 3 is 2.22 bits per heavy atom. The third-order valence-electron chi connectivity index (χ3n) is 3.20. The van der Waals surface area contributed by atoms with Gasteiger partial charge in [-0.1, -0.05) is 54.6 Å². The zero-order valence-electron chi connectivity index (χ0n) is 9.94. The van der Waals surface area contributed by atoms with Crippen molar-refractivity contribution >= 4 is 22.4 Å². The highest BCUT2D eigenvalue weighted by Crippen LogP contribution is 2.28. The summed E-state index contributed by atoms with van der Waals surface area (Å²) >= 11 is 6.07. The van der Waals surface area contributed by atoms with Gasteiger partial charge in [-0.3, -0.25) is 0 Å². The van der Waals surface area contributed by atoms with Gasteiger partial charge in [0.1, 0.15) is 0 Å². The number of hydrogen-bond acceptors (Lipinski definition) is 0. The molecule has 3 aromatic carbocycles. The maximum absolute atomic E-state index is 6.07. The highest BCUT2D eigenvalue weighted by Gasteiger charge is 2.04. The van der Waals surface area contributed by atoms with Crippen molar-refractivity contribution in [2.75, 3.05) is 0 Å². The van der Waals surface area contributed by atoms with Crippen molar-refractivity contribution < 1.29 is 0 Å². The summed E-state index contributed by atoms with van der Waals surface area (Å²) in [7, 11) is 0. The van der Waals surface area contributed by atoms with Crippen LogP contribution in [0.2, 0.25) is 0 Å². The smallest absolute Gasteiger partial charge is 0.0480 e. The van der Waals surface area contributed by atoms with Crippen LogP contribution in [0.15, 0.2) is 66.7 Å². The van der Waals surface area contributed by atoms with Crippen molar-refractivity contribution in [1.29, 1.82) is 0 Å². The van der Waals surface area contributed by atoms with Gasteiger partial charge in [0, 0.05) is 5.88 Å². The molecule has 88 valence electrons. The highest BCUT2D eigenvalue weighted by atomic mass is 35.5. The van der Waals surface area contributed by atoms with Crippen molar-refractivity contribution in [3.63, 3.8) is 0 Å². The molecule has 0 bridgehead atoms. The molecule has 0 amide bonds. The molecule has 3 aromatic rings. The van der Waals surface area contributed by atoms with E-state index in [9.17, 15) is 0 Å². The van der Waals surface area contributed by atoms with E-state index in [0.29, 0.717) is 5.88 Å². The molecule has 0 saturated carbocycles. The summed E-state index contributed by atoms with van der Waals surface area (Å²) in [5.74, 6) is 0.543. The van der Waals surface area contributed by atoms with Crippen LogP contribution in [0.5, 0.6) is 0 Å². The number of fused-ring (bicyclic) bond motifs is 1. The van der Waals surface area contributed by atoms with E-state index in [0.717, 1.165) is 0 Å². The fourth-order valence-corrected chi connectivity index (χ4v) is 2.52. The monoisotopic (exact) mass is 252 g/mol. The predicted octanol–water partition coefficient (Wildman–Crippen LogP) is 5.25. The highest BCUT2D eigenvalue weighted by molar-refractivity contribution is 6.18. The molecule has 0 aliphatic carbocycles. The topological polar surface area (TPSA) is 0 Å². The first-order valence-electron chi connectivity index (χ1n) is 6.01. The Hall–Kier alpha value is -1.79. The number of halogens is 1. The lowest BCUT2D eigenvalue weighted by Crippen LogP contribution is -1.85. The van der Waals surface area contributed by atoms with Gasteiger partial charge in [0.15, 0.2) is 0 Å². The van der Waals surface area contributed by atoms with E-state index in [-0.39, 0.29) is 0 Å². The Morgan fingerprint density at radius 2 is 1.44 bits per heavy atom. The van der Waals surface area contributed by atoms with Gasteiger partial charge in [0.25, 0.3) is 0 Å². The summed E-state index contributed by atoms with van der Waals surface area (Å²) < 4.78 is 0. The average Bonchev–Trinajstić information content (AvgIpc) is 2.47. The second-order valence-corrected chi connectivity index (χ2v) is 4.62. The Kier molecular flexibility index (Phi) is 3.04. The largest absolute Gasteiger partial charge is 0.122 e. The Balaban J connectivity index is 2.26. The summed E-state index contributed by atoms with van der Waals surface area (Å²) in [6.45, 7) is 0.